The number of rotatable bonds is 4. The van der Waals surface area contributed by atoms with Crippen molar-refractivity contribution in [3.8, 4) is 16.9 Å². The summed E-state index contributed by atoms with van der Waals surface area (Å²) in [6, 6.07) is 1.67. The Morgan fingerprint density at radius 2 is 2.13 bits per heavy atom. The lowest BCUT2D eigenvalue weighted by atomic mass is 10.0. The van der Waals surface area contributed by atoms with E-state index in [1.54, 1.807) is 13.0 Å². The number of benzene rings is 1. The highest BCUT2D eigenvalue weighted by atomic mass is 35.5. The minimum absolute atomic E-state index is 0.168. The van der Waals surface area contributed by atoms with Crippen LogP contribution < -0.4 is 5.43 Å². The van der Waals surface area contributed by atoms with Gasteiger partial charge in [-0.05, 0) is 31.9 Å². The highest BCUT2D eigenvalue weighted by molar-refractivity contribution is 6.35. The summed E-state index contributed by atoms with van der Waals surface area (Å²) in [5, 5.41) is 10.1. The van der Waals surface area contributed by atoms with E-state index in [0.717, 1.165) is 12.0 Å². The van der Waals surface area contributed by atoms with Gasteiger partial charge in [0.05, 0.1) is 10.6 Å². The van der Waals surface area contributed by atoms with Crippen molar-refractivity contribution < 1.29 is 9.52 Å². The molecule has 0 radical (unpaired) electrons. The van der Waals surface area contributed by atoms with Crippen LogP contribution in [-0.2, 0) is 0 Å². The quantitative estimate of drug-likeness (QED) is 0.761. The molecule has 1 heterocycles. The minimum atomic E-state index is -0.269. The normalized spacial score (nSPS) is 13.9. The lowest BCUT2D eigenvalue weighted by Crippen LogP contribution is -2.10. The number of fused-ring (bicyclic) bond motifs is 1. The molecule has 1 aliphatic heterocycles. The van der Waals surface area contributed by atoms with Gasteiger partial charge in [0.15, 0.2) is 5.43 Å². The van der Waals surface area contributed by atoms with Crippen molar-refractivity contribution in [2.75, 3.05) is 0 Å². The molecule has 23 heavy (non-hydrogen) atoms. The molecule has 1 unspecified atom stereocenters. The number of halogens is 1. The highest BCUT2D eigenvalue weighted by Gasteiger charge is 2.19. The zero-order chi connectivity index (χ0) is 17.1. The van der Waals surface area contributed by atoms with Crippen LogP contribution in [0.25, 0.3) is 17.2 Å². The summed E-state index contributed by atoms with van der Waals surface area (Å²) in [5.41, 5.74) is 1.96. The molecule has 0 spiro atoms. The first-order valence-electron chi connectivity index (χ1n) is 7.65. The van der Waals surface area contributed by atoms with Crippen LogP contribution in [0.2, 0.25) is 5.02 Å². The lowest BCUT2D eigenvalue weighted by Gasteiger charge is -2.10. The van der Waals surface area contributed by atoms with Crippen molar-refractivity contribution in [1.82, 2.24) is 0 Å². The Kier molecular flexibility index (Phi) is 5.32. The zero-order valence-corrected chi connectivity index (χ0v) is 14.6. The van der Waals surface area contributed by atoms with E-state index < -0.39 is 0 Å². The van der Waals surface area contributed by atoms with Crippen LogP contribution in [-0.4, -0.2) is 5.11 Å². The largest absolute Gasteiger partial charge is 0.506 e. The van der Waals surface area contributed by atoms with Crippen LogP contribution in [0.15, 0.2) is 39.3 Å². The van der Waals surface area contributed by atoms with Gasteiger partial charge < -0.3 is 9.52 Å². The Morgan fingerprint density at radius 1 is 1.43 bits per heavy atom. The topological polar surface area (TPSA) is 50.4 Å². The highest BCUT2D eigenvalue weighted by Crippen LogP contribution is 2.36. The summed E-state index contributed by atoms with van der Waals surface area (Å²) < 4.78 is 5.50. The molecule has 0 amide bonds. The van der Waals surface area contributed by atoms with Crippen LogP contribution in [0.3, 0.4) is 0 Å². The van der Waals surface area contributed by atoms with Gasteiger partial charge in [0, 0.05) is 11.1 Å². The molecular weight excluding hydrogens is 312 g/mol. The Hall–Kier alpha value is -2.00. The van der Waals surface area contributed by atoms with Crippen molar-refractivity contribution in [3.05, 3.63) is 56.6 Å². The molecular formula is C19H21ClO3. The predicted molar refractivity (Wildman–Crippen MR) is 95.3 cm³/mol. The molecule has 0 aromatic heterocycles. The third kappa shape index (κ3) is 3.67. The summed E-state index contributed by atoms with van der Waals surface area (Å²) in [5.74, 6) is 0.919. The van der Waals surface area contributed by atoms with Gasteiger partial charge in [-0.3, -0.25) is 4.79 Å². The summed E-state index contributed by atoms with van der Waals surface area (Å²) in [4.78, 5) is 12.1. The van der Waals surface area contributed by atoms with Crippen molar-refractivity contribution in [1.29, 1.82) is 0 Å². The maximum absolute atomic E-state index is 12.1. The second-order valence-electron chi connectivity index (χ2n) is 5.86. The molecule has 1 aliphatic carbocycles. The van der Waals surface area contributed by atoms with Gasteiger partial charge in [-0.2, -0.15) is 0 Å². The first-order chi connectivity index (χ1) is 10.8. The number of hydrogen-bond donors (Lipinski definition) is 1. The summed E-state index contributed by atoms with van der Waals surface area (Å²) in [6.07, 6.45) is 8.45. The second kappa shape index (κ2) is 7.05. The third-order valence-electron chi connectivity index (χ3n) is 3.98. The van der Waals surface area contributed by atoms with E-state index in [2.05, 4.69) is 19.9 Å². The summed E-state index contributed by atoms with van der Waals surface area (Å²) >= 11 is 6.16. The van der Waals surface area contributed by atoms with Gasteiger partial charge in [0.25, 0.3) is 0 Å². The average Bonchev–Trinajstić information content (AvgIpc) is 2.55. The van der Waals surface area contributed by atoms with Gasteiger partial charge in [0.1, 0.15) is 17.8 Å². The predicted octanol–water partition coefficient (Wildman–Crippen LogP) is 5.42. The molecule has 122 valence electrons. The van der Waals surface area contributed by atoms with Crippen molar-refractivity contribution in [2.24, 2.45) is 5.92 Å². The fourth-order valence-corrected chi connectivity index (χ4v) is 2.62. The molecule has 0 aromatic rings. The van der Waals surface area contributed by atoms with E-state index in [9.17, 15) is 9.90 Å². The van der Waals surface area contributed by atoms with Crippen molar-refractivity contribution in [3.63, 3.8) is 0 Å². The van der Waals surface area contributed by atoms with Crippen LogP contribution in [0.4, 0.5) is 0 Å². The third-order valence-corrected chi connectivity index (χ3v) is 4.36. The van der Waals surface area contributed by atoms with Gasteiger partial charge in [0.2, 0.25) is 0 Å². The van der Waals surface area contributed by atoms with E-state index in [0.29, 0.717) is 22.8 Å². The first kappa shape index (κ1) is 17.4. The van der Waals surface area contributed by atoms with Crippen LogP contribution >= 0.6 is 11.6 Å². The maximum atomic E-state index is 12.1. The molecule has 2 rings (SSSR count). The molecule has 4 heteroatoms. The Balaban J connectivity index is 2.44. The van der Waals surface area contributed by atoms with E-state index in [4.69, 9.17) is 16.0 Å². The van der Waals surface area contributed by atoms with E-state index in [1.165, 1.54) is 6.26 Å². The van der Waals surface area contributed by atoms with Crippen LogP contribution in [0, 0.1) is 12.8 Å². The molecule has 2 aliphatic rings. The number of phenolic OH excluding ortho intramolecular Hbond substituents is 1. The van der Waals surface area contributed by atoms with E-state index in [-0.39, 0.29) is 21.8 Å². The maximum Gasteiger partial charge on any atom is 0.196 e. The van der Waals surface area contributed by atoms with Gasteiger partial charge in [-0.25, -0.2) is 0 Å². The lowest BCUT2D eigenvalue weighted by molar-refractivity contribution is 0.470. The Bertz CT molecular complexity index is 799. The molecule has 0 aromatic carbocycles. The number of aromatic hydroxyl groups is 1. The fraction of sp³-hybridized carbons (Fsp3) is 0.316. The SMILES string of the molecule is CCC(C)/C=C(C)/C=C/c1cc2c(Cl)c(O)c(C)c(=O)c-2co1. The monoisotopic (exact) mass is 332 g/mol. The molecule has 0 fully saturated rings. The standard InChI is InChI=1S/C19H21ClO3/c1-5-11(2)8-12(3)6-7-14-9-15-16(10-23-14)18(21)13(4)19(22)17(15)20/h6-11,22H,5H2,1-4H3/b7-6+,12-8+. The molecule has 0 saturated heterocycles. The van der Waals surface area contributed by atoms with Gasteiger partial charge in [-0.1, -0.05) is 49.6 Å². The molecule has 0 saturated carbocycles. The Labute approximate surface area is 141 Å². The molecule has 3 nitrogen and oxygen atoms in total. The van der Waals surface area contributed by atoms with Gasteiger partial charge >= 0.3 is 0 Å². The summed E-state index contributed by atoms with van der Waals surface area (Å²) in [7, 11) is 0. The van der Waals surface area contributed by atoms with Crippen LogP contribution in [0.1, 0.15) is 38.5 Å². The number of phenols is 1. The number of allylic oxidation sites excluding steroid dienone is 3. The molecule has 1 N–H and O–H groups in total. The average molecular weight is 333 g/mol. The zero-order valence-electron chi connectivity index (χ0n) is 13.8. The van der Waals surface area contributed by atoms with E-state index >= 15 is 0 Å². The molecule has 1 atom stereocenters. The van der Waals surface area contributed by atoms with Crippen molar-refractivity contribution in [2.45, 2.75) is 34.1 Å². The Morgan fingerprint density at radius 3 is 2.78 bits per heavy atom. The summed E-state index contributed by atoms with van der Waals surface area (Å²) in [6.45, 7) is 7.88. The van der Waals surface area contributed by atoms with E-state index in [1.807, 2.05) is 19.1 Å². The minimum Gasteiger partial charge on any atom is -0.506 e. The van der Waals surface area contributed by atoms with Crippen LogP contribution in [0.5, 0.6) is 5.75 Å². The second-order valence-corrected chi connectivity index (χ2v) is 6.23. The molecule has 0 bridgehead atoms. The smallest absolute Gasteiger partial charge is 0.196 e. The number of hydrogen-bond acceptors (Lipinski definition) is 3. The fourth-order valence-electron chi connectivity index (χ4n) is 2.33. The first-order valence-corrected chi connectivity index (χ1v) is 8.03. The van der Waals surface area contributed by atoms with Gasteiger partial charge in [-0.15, -0.1) is 0 Å². The van der Waals surface area contributed by atoms with Crippen molar-refractivity contribution >= 4 is 17.7 Å².